The van der Waals surface area contributed by atoms with Gasteiger partial charge in [-0.2, -0.15) is 0 Å². The van der Waals surface area contributed by atoms with Crippen LogP contribution in [-0.4, -0.2) is 6.21 Å². The van der Waals surface area contributed by atoms with Gasteiger partial charge in [0.2, 0.25) is 0 Å². The van der Waals surface area contributed by atoms with Gasteiger partial charge in [0, 0.05) is 6.21 Å². The molecule has 0 aromatic heterocycles. The van der Waals surface area contributed by atoms with Crippen LogP contribution in [0.3, 0.4) is 0 Å². The maximum absolute atomic E-state index is 4.77. The van der Waals surface area contributed by atoms with Crippen LogP contribution in [0.1, 0.15) is 80.5 Å². The van der Waals surface area contributed by atoms with Crippen molar-refractivity contribution < 1.29 is 0 Å². The van der Waals surface area contributed by atoms with E-state index in [-0.39, 0.29) is 0 Å². The van der Waals surface area contributed by atoms with E-state index < -0.39 is 0 Å². The van der Waals surface area contributed by atoms with E-state index in [2.05, 4.69) is 101 Å². The zero-order valence-electron chi connectivity index (χ0n) is 21.7. The molecule has 3 aromatic carbocycles. The third-order valence-corrected chi connectivity index (χ3v) is 7.51. The largest absolute Gasteiger partial charge is 0.256 e. The molecule has 0 aliphatic heterocycles. The van der Waals surface area contributed by atoms with Gasteiger partial charge in [-0.25, -0.2) is 0 Å². The second-order valence-corrected chi connectivity index (χ2v) is 10.3. The van der Waals surface area contributed by atoms with Crippen LogP contribution in [0, 0.1) is 12.8 Å². The highest BCUT2D eigenvalue weighted by molar-refractivity contribution is 5.84. The van der Waals surface area contributed by atoms with Crippen molar-refractivity contribution in [3.05, 3.63) is 108 Å². The summed E-state index contributed by atoms with van der Waals surface area (Å²) < 4.78 is 0. The zero-order valence-corrected chi connectivity index (χ0v) is 21.7. The molecular formula is C34H39N. The number of rotatable bonds is 8. The summed E-state index contributed by atoms with van der Waals surface area (Å²) in [6, 6.07) is 24.4. The predicted octanol–water partition coefficient (Wildman–Crippen LogP) is 10.1. The lowest BCUT2D eigenvalue weighted by atomic mass is 9.76. The molecule has 1 aliphatic rings. The van der Waals surface area contributed by atoms with E-state index in [9.17, 15) is 0 Å². The molecule has 0 unspecified atom stereocenters. The first-order chi connectivity index (χ1) is 16.9. The Morgan fingerprint density at radius 3 is 2.11 bits per heavy atom. The molecule has 180 valence electrons. The van der Waals surface area contributed by atoms with E-state index in [0.29, 0.717) is 5.92 Å². The van der Waals surface area contributed by atoms with Gasteiger partial charge >= 0.3 is 0 Å². The topological polar surface area (TPSA) is 12.4 Å². The Morgan fingerprint density at radius 2 is 1.51 bits per heavy atom. The Morgan fingerprint density at radius 1 is 0.886 bits per heavy atom. The Bertz CT molecular complexity index is 1190. The molecule has 4 rings (SSSR count). The Kier molecular flexibility index (Phi) is 8.18. The molecule has 35 heavy (non-hydrogen) atoms. The van der Waals surface area contributed by atoms with Crippen molar-refractivity contribution in [2.45, 2.75) is 65.2 Å². The summed E-state index contributed by atoms with van der Waals surface area (Å²) in [5, 5.41) is 0. The minimum Gasteiger partial charge on any atom is -0.256 e. The van der Waals surface area contributed by atoms with E-state index in [1.807, 2.05) is 6.21 Å². The van der Waals surface area contributed by atoms with Crippen LogP contribution in [0.25, 0.3) is 16.7 Å². The molecule has 0 atom stereocenters. The van der Waals surface area contributed by atoms with Crippen LogP contribution >= 0.6 is 0 Å². The molecule has 0 radical (unpaired) electrons. The molecule has 3 aromatic rings. The number of benzene rings is 3. The summed E-state index contributed by atoms with van der Waals surface area (Å²) in [5.41, 5.74) is 11.0. The van der Waals surface area contributed by atoms with Gasteiger partial charge in [0.25, 0.3) is 0 Å². The average molecular weight is 462 g/mol. The van der Waals surface area contributed by atoms with Gasteiger partial charge < -0.3 is 0 Å². The van der Waals surface area contributed by atoms with Crippen LogP contribution < -0.4 is 0 Å². The third kappa shape index (κ3) is 6.48. The summed E-state index contributed by atoms with van der Waals surface area (Å²) in [6.07, 6.45) is 9.38. The fourth-order valence-electron chi connectivity index (χ4n) is 5.22. The number of hydrogen-bond acceptors (Lipinski definition) is 1. The quantitative estimate of drug-likeness (QED) is 0.234. The van der Waals surface area contributed by atoms with Gasteiger partial charge in [0.1, 0.15) is 0 Å². The number of allylic oxidation sites excluding steroid dienone is 2. The first-order valence-corrected chi connectivity index (χ1v) is 13.1. The van der Waals surface area contributed by atoms with Crippen molar-refractivity contribution in [3.8, 4) is 11.1 Å². The van der Waals surface area contributed by atoms with Crippen LogP contribution in [0.4, 0.5) is 5.69 Å². The number of aryl methyl sites for hydroxylation is 1. The van der Waals surface area contributed by atoms with Crippen LogP contribution in [0.2, 0.25) is 0 Å². The average Bonchev–Trinajstić information content (AvgIpc) is 2.88. The van der Waals surface area contributed by atoms with Crippen molar-refractivity contribution >= 4 is 17.5 Å². The summed E-state index contributed by atoms with van der Waals surface area (Å²) >= 11 is 0. The van der Waals surface area contributed by atoms with Crippen molar-refractivity contribution in [1.82, 2.24) is 0 Å². The molecule has 1 fully saturated rings. The SMILES string of the molecule is C=C(C)CC1CCC(c2ccc(-c3ccc(C=Nc4cc(C(=C)CC)ccc4C)cc3)cc2)CC1. The molecular weight excluding hydrogens is 422 g/mol. The predicted molar refractivity (Wildman–Crippen MR) is 154 cm³/mol. The van der Waals surface area contributed by atoms with Gasteiger partial charge in [-0.3, -0.25) is 4.99 Å². The first kappa shape index (κ1) is 24.9. The summed E-state index contributed by atoms with van der Waals surface area (Å²) in [5.74, 6) is 1.55. The van der Waals surface area contributed by atoms with Crippen molar-refractivity contribution in [3.63, 3.8) is 0 Å². The molecule has 0 bridgehead atoms. The lowest BCUT2D eigenvalue weighted by Crippen LogP contribution is -2.13. The molecule has 0 heterocycles. The number of aliphatic imine (C=N–C) groups is 1. The standard InChI is InChI=1S/C34H39N/c1-6-25(4)33-12-7-26(5)34(22-33)35-23-28-10-15-30(16-11-28)32-19-17-31(18-20-32)29-13-8-27(9-14-29)21-24(2)3/h7,10-12,15-20,22-23,27,29H,2,4,6,8-9,13-14,21H2,1,3,5H3. The number of nitrogens with zero attached hydrogens (tertiary/aromatic N) is 1. The van der Waals surface area contributed by atoms with E-state index in [4.69, 9.17) is 4.99 Å². The van der Waals surface area contributed by atoms with Gasteiger partial charge in [-0.1, -0.05) is 79.7 Å². The Balaban J connectivity index is 1.39. The van der Waals surface area contributed by atoms with Crippen LogP contribution in [-0.2, 0) is 0 Å². The second kappa shape index (κ2) is 11.5. The normalized spacial score (nSPS) is 18.0. The van der Waals surface area contributed by atoms with Gasteiger partial charge in [0.05, 0.1) is 5.69 Å². The van der Waals surface area contributed by atoms with Crippen molar-refractivity contribution in [1.29, 1.82) is 0 Å². The minimum absolute atomic E-state index is 0.709. The molecule has 0 N–H and O–H groups in total. The fourth-order valence-corrected chi connectivity index (χ4v) is 5.22. The Hall–Kier alpha value is -3.19. The van der Waals surface area contributed by atoms with Crippen LogP contribution in [0.15, 0.2) is 90.5 Å². The Labute approximate surface area is 212 Å². The van der Waals surface area contributed by atoms with E-state index in [0.717, 1.165) is 29.2 Å². The van der Waals surface area contributed by atoms with Crippen molar-refractivity contribution in [2.75, 3.05) is 0 Å². The van der Waals surface area contributed by atoms with E-state index in [1.54, 1.807) is 0 Å². The molecule has 0 spiro atoms. The van der Waals surface area contributed by atoms with Gasteiger partial charge in [-0.15, -0.1) is 6.58 Å². The minimum atomic E-state index is 0.709. The second-order valence-electron chi connectivity index (χ2n) is 10.3. The molecule has 1 saturated carbocycles. The molecule has 0 saturated heterocycles. The lowest BCUT2D eigenvalue weighted by Gasteiger charge is -2.29. The number of hydrogen-bond donors (Lipinski definition) is 0. The monoisotopic (exact) mass is 461 g/mol. The zero-order chi connectivity index (χ0) is 24.8. The van der Waals surface area contributed by atoms with Gasteiger partial charge in [0.15, 0.2) is 0 Å². The highest BCUT2D eigenvalue weighted by Gasteiger charge is 2.22. The fraction of sp³-hybridized carbons (Fsp3) is 0.324. The highest BCUT2D eigenvalue weighted by Crippen LogP contribution is 2.38. The van der Waals surface area contributed by atoms with E-state index in [1.165, 1.54) is 65.5 Å². The van der Waals surface area contributed by atoms with Crippen LogP contribution in [0.5, 0.6) is 0 Å². The maximum atomic E-state index is 4.77. The lowest BCUT2D eigenvalue weighted by molar-refractivity contribution is 0.324. The molecule has 1 nitrogen and oxygen atoms in total. The molecule has 0 amide bonds. The summed E-state index contributed by atoms with van der Waals surface area (Å²) in [7, 11) is 0. The highest BCUT2D eigenvalue weighted by atomic mass is 14.7. The van der Waals surface area contributed by atoms with Crippen molar-refractivity contribution in [2.24, 2.45) is 10.9 Å². The third-order valence-electron chi connectivity index (χ3n) is 7.51. The summed E-state index contributed by atoms with van der Waals surface area (Å²) in [4.78, 5) is 4.77. The smallest absolute Gasteiger partial charge is 0.0665 e. The summed E-state index contributed by atoms with van der Waals surface area (Å²) in [6.45, 7) is 14.7. The first-order valence-electron chi connectivity index (χ1n) is 13.1. The van der Waals surface area contributed by atoms with E-state index >= 15 is 0 Å². The maximum Gasteiger partial charge on any atom is 0.0665 e. The van der Waals surface area contributed by atoms with Gasteiger partial charge in [-0.05, 0) is 109 Å². The molecule has 1 aliphatic carbocycles. The molecule has 1 heteroatoms.